The van der Waals surface area contributed by atoms with Crippen LogP contribution < -0.4 is 0 Å². The zero-order valence-electron chi connectivity index (χ0n) is 9.19. The molecule has 0 unspecified atom stereocenters. The van der Waals surface area contributed by atoms with Crippen LogP contribution in [0.4, 0.5) is 13.2 Å². The van der Waals surface area contributed by atoms with Crippen molar-refractivity contribution in [3.63, 3.8) is 0 Å². The van der Waals surface area contributed by atoms with Gasteiger partial charge in [-0.25, -0.2) is 0 Å². The van der Waals surface area contributed by atoms with Gasteiger partial charge in [-0.3, -0.25) is 0 Å². The fourth-order valence-electron chi connectivity index (χ4n) is 1.59. The molecular weight excluding hydrogens is 213 g/mol. The quantitative estimate of drug-likeness (QED) is 0.645. The maximum Gasteiger partial charge on any atom is 0.416 e. The van der Waals surface area contributed by atoms with Gasteiger partial charge in [0.15, 0.2) is 0 Å². The van der Waals surface area contributed by atoms with Crippen molar-refractivity contribution in [2.45, 2.75) is 38.3 Å². The normalized spacial score (nSPS) is 11.8. The lowest BCUT2D eigenvalue weighted by Crippen LogP contribution is -2.05. The van der Waals surface area contributed by atoms with E-state index in [0.717, 1.165) is 37.3 Å². The van der Waals surface area contributed by atoms with Gasteiger partial charge in [0.1, 0.15) is 0 Å². The highest BCUT2D eigenvalue weighted by atomic mass is 19.4. The molecule has 1 rings (SSSR count). The first-order chi connectivity index (χ1) is 7.54. The smallest absolute Gasteiger partial charge is 0.166 e. The van der Waals surface area contributed by atoms with E-state index in [-0.39, 0.29) is 0 Å². The Morgan fingerprint density at radius 2 is 1.81 bits per heavy atom. The summed E-state index contributed by atoms with van der Waals surface area (Å²) in [6.45, 7) is 3.73. The molecule has 16 heavy (non-hydrogen) atoms. The second-order valence-electron chi connectivity index (χ2n) is 3.86. The third-order valence-corrected chi connectivity index (χ3v) is 2.47. The molecule has 0 N–H and O–H groups in total. The third-order valence-electron chi connectivity index (χ3n) is 2.47. The van der Waals surface area contributed by atoms with Crippen molar-refractivity contribution in [1.29, 1.82) is 0 Å². The van der Waals surface area contributed by atoms with Gasteiger partial charge >= 0.3 is 6.18 Å². The van der Waals surface area contributed by atoms with E-state index >= 15 is 0 Å². The number of benzene rings is 1. The molecule has 0 aliphatic rings. The minimum absolute atomic E-state index is 0.554. The summed E-state index contributed by atoms with van der Waals surface area (Å²) in [5, 5.41) is 0. The Morgan fingerprint density at radius 3 is 2.44 bits per heavy atom. The Balaban J connectivity index is 2.54. The first kappa shape index (κ1) is 13.1. The zero-order valence-corrected chi connectivity index (χ0v) is 9.19. The van der Waals surface area contributed by atoms with Crippen molar-refractivity contribution in [1.82, 2.24) is 0 Å². The Hall–Kier alpha value is -0.990. The molecule has 0 aliphatic heterocycles. The van der Waals surface area contributed by atoms with Crippen LogP contribution in [0.3, 0.4) is 0 Å². The molecule has 0 spiro atoms. The van der Waals surface area contributed by atoms with Crippen LogP contribution >= 0.6 is 0 Å². The molecule has 0 fully saturated rings. The lowest BCUT2D eigenvalue weighted by Gasteiger charge is -2.08. The number of hydrogen-bond donors (Lipinski definition) is 0. The van der Waals surface area contributed by atoms with Gasteiger partial charge in [-0.1, -0.05) is 44.4 Å². The maximum absolute atomic E-state index is 12.4. The average Bonchev–Trinajstić information content (AvgIpc) is 2.24. The molecule has 0 amide bonds. The van der Waals surface area contributed by atoms with E-state index < -0.39 is 11.7 Å². The second-order valence-corrected chi connectivity index (χ2v) is 3.86. The van der Waals surface area contributed by atoms with Crippen LogP contribution in [-0.4, -0.2) is 0 Å². The SMILES string of the molecule is [CH2]CCCCCc1cccc(C(F)(F)F)c1. The topological polar surface area (TPSA) is 0 Å². The molecule has 0 aromatic heterocycles. The van der Waals surface area contributed by atoms with Gasteiger partial charge < -0.3 is 0 Å². The minimum Gasteiger partial charge on any atom is -0.166 e. The van der Waals surface area contributed by atoms with Crippen LogP contribution in [0.25, 0.3) is 0 Å². The number of unbranched alkanes of at least 4 members (excludes halogenated alkanes) is 3. The lowest BCUT2D eigenvalue weighted by molar-refractivity contribution is -0.137. The number of halogens is 3. The molecule has 0 atom stereocenters. The van der Waals surface area contributed by atoms with E-state index in [1.807, 2.05) is 0 Å². The Labute approximate surface area is 94.5 Å². The van der Waals surface area contributed by atoms with Crippen molar-refractivity contribution in [3.05, 3.63) is 42.3 Å². The lowest BCUT2D eigenvalue weighted by atomic mass is 10.0. The van der Waals surface area contributed by atoms with E-state index in [9.17, 15) is 13.2 Å². The summed E-state index contributed by atoms with van der Waals surface area (Å²) in [7, 11) is 0. The molecule has 1 aromatic carbocycles. The molecule has 0 heterocycles. The van der Waals surface area contributed by atoms with Gasteiger partial charge in [0.2, 0.25) is 0 Å². The Morgan fingerprint density at radius 1 is 1.06 bits per heavy atom. The first-order valence-corrected chi connectivity index (χ1v) is 5.49. The van der Waals surface area contributed by atoms with Gasteiger partial charge in [-0.2, -0.15) is 13.2 Å². The molecule has 1 aromatic rings. The fourth-order valence-corrected chi connectivity index (χ4v) is 1.59. The molecule has 0 saturated carbocycles. The fraction of sp³-hybridized carbons (Fsp3) is 0.462. The zero-order chi connectivity index (χ0) is 12.0. The van der Waals surface area contributed by atoms with Gasteiger partial charge in [0.25, 0.3) is 0 Å². The number of rotatable bonds is 5. The van der Waals surface area contributed by atoms with Gasteiger partial charge in [0, 0.05) is 0 Å². The van der Waals surface area contributed by atoms with E-state index in [1.54, 1.807) is 6.07 Å². The Bertz CT molecular complexity index is 315. The number of hydrogen-bond acceptors (Lipinski definition) is 0. The van der Waals surface area contributed by atoms with Crippen molar-refractivity contribution >= 4 is 0 Å². The molecule has 0 nitrogen and oxygen atoms in total. The van der Waals surface area contributed by atoms with Gasteiger partial charge in [-0.05, 0) is 24.5 Å². The molecule has 89 valence electrons. The van der Waals surface area contributed by atoms with Crippen molar-refractivity contribution in [3.8, 4) is 0 Å². The Kier molecular flexibility index (Phi) is 4.84. The third kappa shape index (κ3) is 4.25. The van der Waals surface area contributed by atoms with Crippen molar-refractivity contribution in [2.75, 3.05) is 0 Å². The van der Waals surface area contributed by atoms with Crippen molar-refractivity contribution in [2.24, 2.45) is 0 Å². The van der Waals surface area contributed by atoms with E-state index in [1.165, 1.54) is 12.1 Å². The maximum atomic E-state index is 12.4. The van der Waals surface area contributed by atoms with Crippen LogP contribution in [-0.2, 0) is 12.6 Å². The van der Waals surface area contributed by atoms with Crippen LogP contribution in [0.5, 0.6) is 0 Å². The van der Waals surface area contributed by atoms with Gasteiger partial charge in [-0.15, -0.1) is 0 Å². The predicted octanol–water partition coefficient (Wildman–Crippen LogP) is 4.64. The summed E-state index contributed by atoms with van der Waals surface area (Å²) >= 11 is 0. The van der Waals surface area contributed by atoms with Crippen LogP contribution in [0.15, 0.2) is 24.3 Å². The summed E-state index contributed by atoms with van der Waals surface area (Å²) in [6, 6.07) is 5.57. The standard InChI is InChI=1S/C13H16F3/c1-2-3-4-5-7-11-8-6-9-12(10-11)13(14,15)16/h6,8-10H,1-5,7H2. The molecule has 1 radical (unpaired) electrons. The molecule has 0 aliphatic carbocycles. The predicted molar refractivity (Wildman–Crippen MR) is 59.0 cm³/mol. The molecule has 0 bridgehead atoms. The highest BCUT2D eigenvalue weighted by Crippen LogP contribution is 2.29. The second kappa shape index (κ2) is 5.92. The number of alkyl halides is 3. The van der Waals surface area contributed by atoms with E-state index in [0.29, 0.717) is 6.42 Å². The molecular formula is C13H16F3. The summed E-state index contributed by atoms with van der Waals surface area (Å²) < 4.78 is 37.2. The van der Waals surface area contributed by atoms with Gasteiger partial charge in [0.05, 0.1) is 5.56 Å². The summed E-state index contributed by atoms with van der Waals surface area (Å²) in [5.41, 5.74) is 0.209. The monoisotopic (exact) mass is 229 g/mol. The van der Waals surface area contributed by atoms with Crippen LogP contribution in [0.2, 0.25) is 0 Å². The molecule has 0 saturated heterocycles. The minimum atomic E-state index is -4.23. The van der Waals surface area contributed by atoms with Crippen LogP contribution in [0.1, 0.15) is 36.8 Å². The van der Waals surface area contributed by atoms with E-state index in [4.69, 9.17) is 0 Å². The van der Waals surface area contributed by atoms with E-state index in [2.05, 4.69) is 6.92 Å². The van der Waals surface area contributed by atoms with Crippen LogP contribution in [0, 0.1) is 6.92 Å². The molecule has 3 heteroatoms. The van der Waals surface area contributed by atoms with Crippen molar-refractivity contribution < 1.29 is 13.2 Å². The summed E-state index contributed by atoms with van der Waals surface area (Å²) in [6.07, 6.45) is 0.366. The average molecular weight is 229 g/mol. The highest BCUT2D eigenvalue weighted by Gasteiger charge is 2.30. The summed E-state index contributed by atoms with van der Waals surface area (Å²) in [4.78, 5) is 0. The number of aryl methyl sites for hydroxylation is 1. The summed E-state index contributed by atoms with van der Waals surface area (Å²) in [5.74, 6) is 0. The largest absolute Gasteiger partial charge is 0.416 e. The highest BCUT2D eigenvalue weighted by molar-refractivity contribution is 5.25. The first-order valence-electron chi connectivity index (χ1n) is 5.49.